The Kier molecular flexibility index (Phi) is 6.40. The van der Waals surface area contributed by atoms with Crippen molar-refractivity contribution < 1.29 is 23.5 Å². The Morgan fingerprint density at radius 1 is 1.00 bits per heavy atom. The topological polar surface area (TPSA) is 102 Å². The van der Waals surface area contributed by atoms with Crippen LogP contribution in [0.15, 0.2) is 71.1 Å². The lowest BCUT2D eigenvalue weighted by molar-refractivity contribution is -0.119. The molecule has 0 radical (unpaired) electrons. The maximum Gasteiger partial charge on any atom is 0.339 e. The third-order valence-corrected chi connectivity index (χ3v) is 5.09. The molecule has 8 nitrogen and oxygen atoms in total. The van der Waals surface area contributed by atoms with E-state index in [0.717, 1.165) is 5.76 Å². The number of carbonyl (C=O) groups excluding carboxylic acids is 3. The molecular weight excluding hydrogens is 434 g/mol. The minimum absolute atomic E-state index is 0.138. The Morgan fingerprint density at radius 2 is 1.74 bits per heavy atom. The van der Waals surface area contributed by atoms with Crippen LogP contribution in [0.2, 0.25) is 0 Å². The fourth-order valence-corrected chi connectivity index (χ4v) is 3.40. The Morgan fingerprint density at radius 3 is 2.41 bits per heavy atom. The minimum Gasteiger partial charge on any atom is -0.460 e. The second kappa shape index (κ2) is 9.58. The Bertz CT molecular complexity index is 1370. The number of fused-ring (bicyclic) bond motifs is 1. The van der Waals surface area contributed by atoms with Gasteiger partial charge in [-0.1, -0.05) is 18.2 Å². The number of carbonyl (C=O) groups is 3. The molecule has 0 aliphatic heterocycles. The van der Waals surface area contributed by atoms with Gasteiger partial charge < -0.3 is 19.4 Å². The molecule has 4 aromatic rings. The normalized spacial score (nSPS) is 10.7. The average Bonchev–Trinajstić information content (AvgIpc) is 3.28. The van der Waals surface area contributed by atoms with Crippen molar-refractivity contribution in [3.05, 3.63) is 83.6 Å². The number of aryl methyl sites for hydroxylation is 1. The number of anilines is 1. The second-order valence-electron chi connectivity index (χ2n) is 7.88. The highest BCUT2D eigenvalue weighted by atomic mass is 16.5. The molecule has 0 saturated carbocycles. The Hall–Kier alpha value is -4.46. The molecular formula is C26H23N3O5. The van der Waals surface area contributed by atoms with Crippen molar-refractivity contribution in [1.82, 2.24) is 9.88 Å². The van der Waals surface area contributed by atoms with Gasteiger partial charge in [0.05, 0.1) is 11.1 Å². The summed E-state index contributed by atoms with van der Waals surface area (Å²) in [6, 6.07) is 18.9. The standard InChI is InChI=1S/C26H23N3O5/c1-16-8-13-23(34-16)22-14-20(19-6-4-5-7-21(19)28-22)26(32)33-15-24(30)27-18-11-9-17(10-12-18)25(31)29(2)3/h4-14H,15H2,1-3H3,(H,27,30). The molecule has 0 bridgehead atoms. The van der Waals surface area contributed by atoms with E-state index in [1.54, 1.807) is 68.7 Å². The Balaban J connectivity index is 1.47. The highest BCUT2D eigenvalue weighted by Crippen LogP contribution is 2.26. The maximum atomic E-state index is 12.9. The number of hydrogen-bond acceptors (Lipinski definition) is 6. The monoisotopic (exact) mass is 457 g/mol. The second-order valence-corrected chi connectivity index (χ2v) is 7.88. The largest absolute Gasteiger partial charge is 0.460 e. The van der Waals surface area contributed by atoms with Gasteiger partial charge in [0.15, 0.2) is 12.4 Å². The molecule has 4 rings (SSSR count). The van der Waals surface area contributed by atoms with Crippen LogP contribution in [0.5, 0.6) is 0 Å². The van der Waals surface area contributed by atoms with Crippen LogP contribution in [0.4, 0.5) is 5.69 Å². The van der Waals surface area contributed by atoms with Gasteiger partial charge in [0, 0.05) is 30.7 Å². The lowest BCUT2D eigenvalue weighted by Gasteiger charge is -2.11. The summed E-state index contributed by atoms with van der Waals surface area (Å²) in [6.45, 7) is 1.36. The predicted molar refractivity (Wildman–Crippen MR) is 128 cm³/mol. The SMILES string of the molecule is Cc1ccc(-c2cc(C(=O)OCC(=O)Nc3ccc(C(=O)N(C)C)cc3)c3ccccc3n2)o1. The number of furan rings is 1. The summed E-state index contributed by atoms with van der Waals surface area (Å²) in [5.41, 5.74) is 2.38. The summed E-state index contributed by atoms with van der Waals surface area (Å²) in [5, 5.41) is 3.26. The third-order valence-electron chi connectivity index (χ3n) is 5.09. The number of para-hydroxylation sites is 1. The van der Waals surface area contributed by atoms with E-state index in [1.165, 1.54) is 4.90 Å². The number of nitrogens with one attached hydrogen (secondary N) is 1. The minimum atomic E-state index is -0.648. The van der Waals surface area contributed by atoms with Gasteiger partial charge >= 0.3 is 5.97 Å². The van der Waals surface area contributed by atoms with Crippen molar-refractivity contribution in [2.75, 3.05) is 26.0 Å². The summed E-state index contributed by atoms with van der Waals surface area (Å²) in [6.07, 6.45) is 0. The summed E-state index contributed by atoms with van der Waals surface area (Å²) >= 11 is 0. The van der Waals surface area contributed by atoms with Crippen LogP contribution in [0.1, 0.15) is 26.5 Å². The lowest BCUT2D eigenvalue weighted by atomic mass is 10.1. The van der Waals surface area contributed by atoms with Crippen LogP contribution in [0, 0.1) is 6.92 Å². The maximum absolute atomic E-state index is 12.9. The lowest BCUT2D eigenvalue weighted by Crippen LogP contribution is -2.22. The molecule has 0 unspecified atom stereocenters. The third kappa shape index (κ3) is 4.96. The molecule has 2 aromatic heterocycles. The molecule has 0 aliphatic carbocycles. The number of aromatic nitrogens is 1. The van der Waals surface area contributed by atoms with Gasteiger partial charge in [-0.2, -0.15) is 0 Å². The molecule has 172 valence electrons. The first-order valence-corrected chi connectivity index (χ1v) is 10.6. The molecule has 0 fully saturated rings. The van der Waals surface area contributed by atoms with Gasteiger partial charge in [-0.3, -0.25) is 9.59 Å². The van der Waals surface area contributed by atoms with Crippen molar-refractivity contribution in [2.45, 2.75) is 6.92 Å². The van der Waals surface area contributed by atoms with Crippen molar-refractivity contribution in [3.63, 3.8) is 0 Å². The predicted octanol–water partition coefficient (Wildman–Crippen LogP) is 4.30. The van der Waals surface area contributed by atoms with Crippen LogP contribution in [-0.4, -0.2) is 48.4 Å². The number of hydrogen-bond donors (Lipinski definition) is 1. The van der Waals surface area contributed by atoms with Crippen molar-refractivity contribution in [1.29, 1.82) is 0 Å². The molecule has 2 heterocycles. The van der Waals surface area contributed by atoms with Crippen LogP contribution < -0.4 is 5.32 Å². The van der Waals surface area contributed by atoms with E-state index in [2.05, 4.69) is 10.3 Å². The van der Waals surface area contributed by atoms with E-state index in [4.69, 9.17) is 9.15 Å². The number of benzene rings is 2. The first kappa shape index (κ1) is 22.7. The quantitative estimate of drug-likeness (QED) is 0.433. The van der Waals surface area contributed by atoms with Crippen molar-refractivity contribution in [2.24, 2.45) is 0 Å². The molecule has 2 aromatic carbocycles. The van der Waals surface area contributed by atoms with Crippen LogP contribution in [-0.2, 0) is 9.53 Å². The molecule has 0 atom stereocenters. The first-order chi connectivity index (χ1) is 16.3. The molecule has 0 saturated heterocycles. The summed E-state index contributed by atoms with van der Waals surface area (Å²) in [7, 11) is 3.33. The van der Waals surface area contributed by atoms with E-state index in [9.17, 15) is 14.4 Å². The number of nitrogens with zero attached hydrogens (tertiary/aromatic N) is 2. The fourth-order valence-electron chi connectivity index (χ4n) is 3.40. The van der Waals surface area contributed by atoms with Gasteiger partial charge in [0.25, 0.3) is 11.8 Å². The highest BCUT2D eigenvalue weighted by molar-refractivity contribution is 6.05. The number of rotatable bonds is 6. The van der Waals surface area contributed by atoms with Crippen LogP contribution in [0.3, 0.4) is 0 Å². The fraction of sp³-hybridized carbons (Fsp3) is 0.154. The summed E-state index contributed by atoms with van der Waals surface area (Å²) < 4.78 is 10.9. The Labute approximate surface area is 196 Å². The summed E-state index contributed by atoms with van der Waals surface area (Å²) in [5.74, 6) is -0.0259. The molecule has 2 amide bonds. The zero-order valence-corrected chi connectivity index (χ0v) is 19.0. The van der Waals surface area contributed by atoms with Gasteiger partial charge in [0.2, 0.25) is 0 Å². The van der Waals surface area contributed by atoms with Gasteiger partial charge in [-0.05, 0) is 55.5 Å². The molecule has 34 heavy (non-hydrogen) atoms. The van der Waals surface area contributed by atoms with Crippen LogP contribution >= 0.6 is 0 Å². The highest BCUT2D eigenvalue weighted by Gasteiger charge is 2.18. The van der Waals surface area contributed by atoms with Crippen LogP contribution in [0.25, 0.3) is 22.4 Å². The molecule has 1 N–H and O–H groups in total. The number of amides is 2. The van der Waals surface area contributed by atoms with E-state index < -0.39 is 18.5 Å². The zero-order chi connectivity index (χ0) is 24.2. The van der Waals surface area contributed by atoms with Gasteiger partial charge in [-0.15, -0.1) is 0 Å². The van der Waals surface area contributed by atoms with Crippen molar-refractivity contribution in [3.8, 4) is 11.5 Å². The van der Waals surface area contributed by atoms with Gasteiger partial charge in [0.1, 0.15) is 11.5 Å². The molecule has 8 heteroatoms. The van der Waals surface area contributed by atoms with E-state index in [0.29, 0.717) is 33.6 Å². The smallest absolute Gasteiger partial charge is 0.339 e. The van der Waals surface area contributed by atoms with E-state index >= 15 is 0 Å². The zero-order valence-electron chi connectivity index (χ0n) is 19.0. The van der Waals surface area contributed by atoms with E-state index in [-0.39, 0.29) is 11.5 Å². The molecule has 0 spiro atoms. The van der Waals surface area contributed by atoms with Crippen molar-refractivity contribution >= 4 is 34.4 Å². The van der Waals surface area contributed by atoms with Gasteiger partial charge in [-0.25, -0.2) is 9.78 Å². The number of pyridine rings is 1. The average molecular weight is 457 g/mol. The van der Waals surface area contributed by atoms with E-state index in [1.807, 2.05) is 19.1 Å². The summed E-state index contributed by atoms with van der Waals surface area (Å²) in [4.78, 5) is 43.2. The number of esters is 1. The molecule has 0 aliphatic rings. The number of ether oxygens (including phenoxy) is 1. The first-order valence-electron chi connectivity index (χ1n) is 10.6.